The molecular formula is C21H21N3O2. The number of fused-ring (bicyclic) bond motifs is 1. The number of nitrogens with zero attached hydrogens (tertiary/aromatic N) is 3. The first-order valence-electron chi connectivity index (χ1n) is 8.76. The smallest absolute Gasteiger partial charge is 0.178 e. The van der Waals surface area contributed by atoms with Crippen LogP contribution < -0.4 is 9.47 Å². The number of hydrogen-bond acceptors (Lipinski definition) is 5. The van der Waals surface area contributed by atoms with E-state index in [1.807, 2.05) is 43.3 Å². The van der Waals surface area contributed by atoms with E-state index >= 15 is 0 Å². The molecule has 0 fully saturated rings. The van der Waals surface area contributed by atoms with Crippen LogP contribution in [-0.2, 0) is 12.8 Å². The SMILES string of the molecule is COc1cccc(-c2nc(-c3cccc(C)n3)nc3c2CCC3)c1OC. The highest BCUT2D eigenvalue weighted by atomic mass is 16.5. The van der Waals surface area contributed by atoms with E-state index in [1.54, 1.807) is 14.2 Å². The molecule has 3 aromatic rings. The number of para-hydroxylation sites is 1. The van der Waals surface area contributed by atoms with Crippen molar-refractivity contribution in [1.82, 2.24) is 15.0 Å². The van der Waals surface area contributed by atoms with Crippen LogP contribution in [-0.4, -0.2) is 29.2 Å². The number of hydrogen-bond donors (Lipinski definition) is 0. The first-order valence-corrected chi connectivity index (χ1v) is 8.76. The van der Waals surface area contributed by atoms with Crippen molar-refractivity contribution in [3.63, 3.8) is 0 Å². The lowest BCUT2D eigenvalue weighted by Crippen LogP contribution is -2.03. The summed E-state index contributed by atoms with van der Waals surface area (Å²) in [5.74, 6) is 2.06. The molecule has 0 aliphatic heterocycles. The van der Waals surface area contributed by atoms with Crippen molar-refractivity contribution in [2.24, 2.45) is 0 Å². The Bertz CT molecular complexity index is 969. The quantitative estimate of drug-likeness (QED) is 0.713. The van der Waals surface area contributed by atoms with Gasteiger partial charge in [-0.1, -0.05) is 12.1 Å². The average Bonchev–Trinajstić information content (AvgIpc) is 3.15. The van der Waals surface area contributed by atoms with Crippen LogP contribution in [0.25, 0.3) is 22.8 Å². The van der Waals surface area contributed by atoms with Gasteiger partial charge >= 0.3 is 0 Å². The van der Waals surface area contributed by atoms with Crippen LogP contribution in [0.2, 0.25) is 0 Å². The molecule has 132 valence electrons. The van der Waals surface area contributed by atoms with Gasteiger partial charge in [0.15, 0.2) is 17.3 Å². The van der Waals surface area contributed by atoms with Gasteiger partial charge in [0.05, 0.1) is 19.9 Å². The summed E-state index contributed by atoms with van der Waals surface area (Å²) in [4.78, 5) is 14.3. The summed E-state index contributed by atoms with van der Waals surface area (Å²) in [6.45, 7) is 1.98. The maximum atomic E-state index is 5.65. The summed E-state index contributed by atoms with van der Waals surface area (Å²) in [7, 11) is 3.31. The van der Waals surface area contributed by atoms with E-state index in [1.165, 1.54) is 5.56 Å². The Morgan fingerprint density at radius 2 is 1.73 bits per heavy atom. The molecule has 2 aromatic heterocycles. The summed E-state index contributed by atoms with van der Waals surface area (Å²) in [5, 5.41) is 0. The summed E-state index contributed by atoms with van der Waals surface area (Å²) in [6, 6.07) is 11.8. The molecule has 5 nitrogen and oxygen atoms in total. The second-order valence-corrected chi connectivity index (χ2v) is 6.38. The minimum Gasteiger partial charge on any atom is -0.493 e. The van der Waals surface area contributed by atoms with Crippen molar-refractivity contribution in [3.05, 3.63) is 53.3 Å². The highest BCUT2D eigenvalue weighted by molar-refractivity contribution is 5.75. The molecular weight excluding hydrogens is 326 g/mol. The fourth-order valence-electron chi connectivity index (χ4n) is 3.51. The zero-order chi connectivity index (χ0) is 18.1. The van der Waals surface area contributed by atoms with Crippen molar-refractivity contribution in [2.45, 2.75) is 26.2 Å². The summed E-state index contributed by atoms with van der Waals surface area (Å²) in [6.07, 6.45) is 3.04. The molecule has 0 saturated heterocycles. The van der Waals surface area contributed by atoms with Gasteiger partial charge in [-0.2, -0.15) is 0 Å². The molecule has 5 heteroatoms. The van der Waals surface area contributed by atoms with Gasteiger partial charge in [-0.05, 0) is 50.5 Å². The molecule has 1 aliphatic rings. The van der Waals surface area contributed by atoms with Gasteiger partial charge < -0.3 is 9.47 Å². The van der Waals surface area contributed by atoms with Crippen LogP contribution in [0, 0.1) is 6.92 Å². The van der Waals surface area contributed by atoms with Crippen LogP contribution in [0.4, 0.5) is 0 Å². The van der Waals surface area contributed by atoms with E-state index in [0.717, 1.165) is 47.6 Å². The molecule has 2 heterocycles. The van der Waals surface area contributed by atoms with Gasteiger partial charge in [0.1, 0.15) is 5.69 Å². The monoisotopic (exact) mass is 347 g/mol. The molecule has 26 heavy (non-hydrogen) atoms. The predicted octanol–water partition coefficient (Wildman–Crippen LogP) is 4.02. The second-order valence-electron chi connectivity index (χ2n) is 6.38. The molecule has 1 aromatic carbocycles. The molecule has 4 rings (SSSR count). The van der Waals surface area contributed by atoms with Crippen LogP contribution in [0.1, 0.15) is 23.4 Å². The van der Waals surface area contributed by atoms with Crippen molar-refractivity contribution in [2.75, 3.05) is 14.2 Å². The lowest BCUT2D eigenvalue weighted by atomic mass is 10.0. The number of methoxy groups -OCH3 is 2. The van der Waals surface area contributed by atoms with Crippen molar-refractivity contribution < 1.29 is 9.47 Å². The van der Waals surface area contributed by atoms with Gasteiger partial charge in [0.2, 0.25) is 0 Å². The maximum absolute atomic E-state index is 5.65. The van der Waals surface area contributed by atoms with Crippen LogP contribution >= 0.6 is 0 Å². The zero-order valence-corrected chi connectivity index (χ0v) is 15.2. The topological polar surface area (TPSA) is 57.1 Å². The molecule has 1 aliphatic carbocycles. The predicted molar refractivity (Wildman–Crippen MR) is 101 cm³/mol. The number of ether oxygens (including phenoxy) is 2. The van der Waals surface area contributed by atoms with Crippen LogP contribution in [0.5, 0.6) is 11.5 Å². The third kappa shape index (κ3) is 2.79. The van der Waals surface area contributed by atoms with E-state index < -0.39 is 0 Å². The van der Waals surface area contributed by atoms with Gasteiger partial charge in [-0.25, -0.2) is 15.0 Å². The maximum Gasteiger partial charge on any atom is 0.178 e. The lowest BCUT2D eigenvalue weighted by Gasteiger charge is -2.15. The standard InChI is InChI=1S/C21H21N3O2/c1-13-7-4-11-17(22-13)21-23-16-10-5-8-14(16)19(24-21)15-9-6-12-18(25-2)20(15)26-3/h4,6-7,9,11-12H,5,8,10H2,1-3H3. The summed E-state index contributed by atoms with van der Waals surface area (Å²) in [5.41, 5.74) is 5.91. The Morgan fingerprint density at radius 1 is 0.885 bits per heavy atom. The van der Waals surface area contributed by atoms with Gasteiger partial charge in [-0.15, -0.1) is 0 Å². The van der Waals surface area contributed by atoms with Crippen LogP contribution in [0.3, 0.4) is 0 Å². The number of aromatic nitrogens is 3. The molecule has 0 spiro atoms. The van der Waals surface area contributed by atoms with Crippen molar-refractivity contribution in [3.8, 4) is 34.3 Å². The lowest BCUT2D eigenvalue weighted by molar-refractivity contribution is 0.356. The minimum atomic E-state index is 0.661. The number of rotatable bonds is 4. The normalized spacial score (nSPS) is 12.7. The Labute approximate surface area is 153 Å². The van der Waals surface area contributed by atoms with E-state index in [9.17, 15) is 0 Å². The largest absolute Gasteiger partial charge is 0.493 e. The van der Waals surface area contributed by atoms with E-state index in [2.05, 4.69) is 4.98 Å². The highest BCUT2D eigenvalue weighted by Gasteiger charge is 2.24. The van der Waals surface area contributed by atoms with Crippen molar-refractivity contribution in [1.29, 1.82) is 0 Å². The number of pyridine rings is 1. The molecule has 0 saturated carbocycles. The van der Waals surface area contributed by atoms with E-state index in [-0.39, 0.29) is 0 Å². The minimum absolute atomic E-state index is 0.661. The molecule has 0 radical (unpaired) electrons. The molecule has 0 bridgehead atoms. The fourth-order valence-corrected chi connectivity index (χ4v) is 3.51. The Morgan fingerprint density at radius 3 is 2.50 bits per heavy atom. The molecule has 0 atom stereocenters. The first kappa shape index (κ1) is 16.5. The number of benzene rings is 1. The average molecular weight is 347 g/mol. The number of aryl methyl sites for hydroxylation is 2. The Kier molecular flexibility index (Phi) is 4.29. The van der Waals surface area contributed by atoms with E-state index in [0.29, 0.717) is 17.3 Å². The molecule has 0 unspecified atom stereocenters. The van der Waals surface area contributed by atoms with Gasteiger partial charge in [0.25, 0.3) is 0 Å². The first-order chi connectivity index (χ1) is 12.7. The van der Waals surface area contributed by atoms with Gasteiger partial charge in [0, 0.05) is 22.5 Å². The second kappa shape index (κ2) is 6.75. The summed E-state index contributed by atoms with van der Waals surface area (Å²) < 4.78 is 11.1. The molecule has 0 amide bonds. The fraction of sp³-hybridized carbons (Fsp3) is 0.286. The van der Waals surface area contributed by atoms with E-state index in [4.69, 9.17) is 19.4 Å². The summed E-state index contributed by atoms with van der Waals surface area (Å²) >= 11 is 0. The zero-order valence-electron chi connectivity index (χ0n) is 15.2. The third-order valence-electron chi connectivity index (χ3n) is 4.71. The van der Waals surface area contributed by atoms with Gasteiger partial charge in [-0.3, -0.25) is 0 Å². The Hall–Kier alpha value is -2.95. The van der Waals surface area contributed by atoms with Crippen molar-refractivity contribution >= 4 is 0 Å². The van der Waals surface area contributed by atoms with Crippen LogP contribution in [0.15, 0.2) is 36.4 Å². The highest BCUT2D eigenvalue weighted by Crippen LogP contribution is 2.41. The Balaban J connectivity index is 1.95. The molecule has 0 N–H and O–H groups in total. The third-order valence-corrected chi connectivity index (χ3v) is 4.71.